The normalized spacial score (nSPS) is 11.8. The molecule has 2 rings (SSSR count). The van der Waals surface area contributed by atoms with E-state index in [0.717, 1.165) is 17.1 Å². The number of pyridine rings is 1. The first-order chi connectivity index (χ1) is 7.97. The fourth-order valence-electron chi connectivity index (χ4n) is 1.33. The van der Waals surface area contributed by atoms with Crippen molar-refractivity contribution in [2.24, 2.45) is 0 Å². The van der Waals surface area contributed by atoms with Crippen molar-refractivity contribution in [1.29, 1.82) is 0 Å². The van der Waals surface area contributed by atoms with Gasteiger partial charge in [0.15, 0.2) is 0 Å². The predicted octanol–water partition coefficient (Wildman–Crippen LogP) is 4.41. The smallest absolute Gasteiger partial charge is 0.259 e. The molecule has 0 aromatic carbocycles. The molecular weight excluding hydrogens is 271 g/mol. The topological polar surface area (TPSA) is 12.9 Å². The van der Waals surface area contributed by atoms with Crippen LogP contribution in [-0.2, 0) is 12.6 Å². The van der Waals surface area contributed by atoms with Gasteiger partial charge in [-0.3, -0.25) is 4.98 Å². The average Bonchev–Trinajstić information content (AvgIpc) is 2.72. The Bertz CT molecular complexity index is 508. The summed E-state index contributed by atoms with van der Waals surface area (Å²) in [7, 11) is 0. The summed E-state index contributed by atoms with van der Waals surface area (Å²) in [5.41, 5.74) is -0.362. The van der Waals surface area contributed by atoms with Crippen LogP contribution in [0.25, 0.3) is 0 Å². The molecule has 0 saturated heterocycles. The Kier molecular flexibility index (Phi) is 3.40. The van der Waals surface area contributed by atoms with Crippen LogP contribution in [0.1, 0.15) is 16.1 Å². The van der Waals surface area contributed by atoms with Crippen molar-refractivity contribution in [1.82, 2.24) is 4.98 Å². The van der Waals surface area contributed by atoms with E-state index in [-0.39, 0.29) is 5.02 Å². The molecule has 1 nitrogen and oxygen atoms in total. The van der Waals surface area contributed by atoms with Gasteiger partial charge in [0.25, 0.3) is 0 Å². The van der Waals surface area contributed by atoms with Crippen LogP contribution in [0.4, 0.5) is 13.2 Å². The molecule has 0 aliphatic rings. The number of hydrogen-bond acceptors (Lipinski definition) is 2. The number of hydrogen-bond donors (Lipinski definition) is 0. The molecule has 0 aliphatic carbocycles. The maximum Gasteiger partial charge on any atom is 0.417 e. The Morgan fingerprint density at radius 1 is 1.35 bits per heavy atom. The number of thiophene rings is 1. The summed E-state index contributed by atoms with van der Waals surface area (Å²) < 4.78 is 37.1. The van der Waals surface area contributed by atoms with Crippen LogP contribution < -0.4 is 0 Å². The molecule has 0 radical (unpaired) electrons. The van der Waals surface area contributed by atoms with Crippen molar-refractivity contribution < 1.29 is 13.2 Å². The lowest BCUT2D eigenvalue weighted by molar-refractivity contribution is -0.137. The molecule has 0 atom stereocenters. The first-order valence-corrected chi connectivity index (χ1v) is 5.96. The highest BCUT2D eigenvalue weighted by Gasteiger charge is 2.31. The van der Waals surface area contributed by atoms with Crippen molar-refractivity contribution in [3.8, 4) is 0 Å². The Morgan fingerprint density at radius 3 is 2.65 bits per heavy atom. The Hall–Kier alpha value is -1.07. The van der Waals surface area contributed by atoms with Gasteiger partial charge in [-0.2, -0.15) is 13.2 Å². The van der Waals surface area contributed by atoms with Gasteiger partial charge >= 0.3 is 6.18 Å². The molecule has 0 spiro atoms. The summed E-state index contributed by atoms with van der Waals surface area (Å²) in [4.78, 5) is 4.79. The third kappa shape index (κ3) is 2.98. The van der Waals surface area contributed by atoms with Crippen LogP contribution in [0, 0.1) is 0 Å². The summed E-state index contributed by atoms with van der Waals surface area (Å²) in [6.07, 6.45) is -3.14. The van der Waals surface area contributed by atoms with Crippen molar-refractivity contribution in [3.05, 3.63) is 50.9 Å². The Morgan fingerprint density at radius 2 is 2.12 bits per heavy atom. The van der Waals surface area contributed by atoms with Crippen LogP contribution in [-0.4, -0.2) is 4.98 Å². The first-order valence-electron chi connectivity index (χ1n) is 4.71. The summed E-state index contributed by atoms with van der Waals surface area (Å²) >= 11 is 7.31. The second kappa shape index (κ2) is 4.66. The van der Waals surface area contributed by atoms with E-state index in [2.05, 4.69) is 4.98 Å². The first kappa shape index (κ1) is 12.4. The fourth-order valence-corrected chi connectivity index (χ4v) is 2.27. The second-order valence-electron chi connectivity index (χ2n) is 3.41. The maximum absolute atomic E-state index is 12.4. The number of aromatic nitrogens is 1. The van der Waals surface area contributed by atoms with E-state index >= 15 is 0 Å². The molecule has 0 amide bonds. The van der Waals surface area contributed by atoms with Crippen molar-refractivity contribution in [2.75, 3.05) is 0 Å². The predicted molar refractivity (Wildman–Crippen MR) is 61.4 cm³/mol. The molecule has 2 aromatic rings. The van der Waals surface area contributed by atoms with Crippen LogP contribution in [0.15, 0.2) is 29.8 Å². The van der Waals surface area contributed by atoms with E-state index in [1.54, 1.807) is 0 Å². The molecule has 17 heavy (non-hydrogen) atoms. The number of halogens is 4. The maximum atomic E-state index is 12.4. The van der Waals surface area contributed by atoms with Gasteiger partial charge in [-0.1, -0.05) is 17.7 Å². The van der Waals surface area contributed by atoms with Crippen LogP contribution >= 0.6 is 22.9 Å². The number of nitrogens with zero attached hydrogens (tertiary/aromatic N) is 1. The molecule has 0 aliphatic heterocycles. The Labute approximate surface area is 105 Å². The SMILES string of the molecule is FC(F)(F)c1cnc(Cc2cccs2)c(Cl)c1. The van der Waals surface area contributed by atoms with Crippen LogP contribution in [0.2, 0.25) is 5.02 Å². The summed E-state index contributed by atoms with van der Waals surface area (Å²) in [6.45, 7) is 0. The average molecular weight is 278 g/mol. The van der Waals surface area contributed by atoms with Crippen molar-refractivity contribution in [2.45, 2.75) is 12.6 Å². The lowest BCUT2D eigenvalue weighted by Crippen LogP contribution is -2.06. The monoisotopic (exact) mass is 277 g/mol. The highest BCUT2D eigenvalue weighted by atomic mass is 35.5. The molecule has 90 valence electrons. The second-order valence-corrected chi connectivity index (χ2v) is 4.85. The van der Waals surface area contributed by atoms with Gasteiger partial charge < -0.3 is 0 Å². The minimum atomic E-state index is -4.40. The highest BCUT2D eigenvalue weighted by Crippen LogP contribution is 2.31. The van der Waals surface area contributed by atoms with Gasteiger partial charge in [0, 0.05) is 17.5 Å². The van der Waals surface area contributed by atoms with Crippen molar-refractivity contribution >= 4 is 22.9 Å². The van der Waals surface area contributed by atoms with E-state index in [0.29, 0.717) is 12.1 Å². The zero-order chi connectivity index (χ0) is 12.5. The summed E-state index contributed by atoms with van der Waals surface area (Å²) in [5.74, 6) is 0. The lowest BCUT2D eigenvalue weighted by atomic mass is 10.2. The van der Waals surface area contributed by atoms with Gasteiger partial charge in [-0.15, -0.1) is 11.3 Å². The van der Waals surface area contributed by atoms with Gasteiger partial charge in [-0.25, -0.2) is 0 Å². The van der Waals surface area contributed by atoms with Gasteiger partial charge in [0.1, 0.15) is 0 Å². The Balaban J connectivity index is 2.26. The van der Waals surface area contributed by atoms with Crippen LogP contribution in [0.5, 0.6) is 0 Å². The van der Waals surface area contributed by atoms with Gasteiger partial charge in [-0.05, 0) is 17.5 Å². The molecule has 0 fully saturated rings. The molecule has 0 saturated carbocycles. The highest BCUT2D eigenvalue weighted by molar-refractivity contribution is 7.09. The molecule has 0 unspecified atom stereocenters. The zero-order valence-corrected chi connectivity index (χ0v) is 10.0. The van der Waals surface area contributed by atoms with Crippen LogP contribution in [0.3, 0.4) is 0 Å². The van der Waals surface area contributed by atoms with Gasteiger partial charge in [0.2, 0.25) is 0 Å². The molecule has 0 bridgehead atoms. The van der Waals surface area contributed by atoms with E-state index < -0.39 is 11.7 Å². The minimum absolute atomic E-state index is 0.0493. The van der Waals surface area contributed by atoms with Gasteiger partial charge in [0.05, 0.1) is 16.3 Å². The zero-order valence-electron chi connectivity index (χ0n) is 8.46. The fraction of sp³-hybridized carbons (Fsp3) is 0.182. The molecular formula is C11H7ClF3NS. The third-order valence-corrected chi connectivity index (χ3v) is 3.37. The molecule has 2 heterocycles. The van der Waals surface area contributed by atoms with E-state index in [1.165, 1.54) is 11.3 Å². The van der Waals surface area contributed by atoms with Crippen molar-refractivity contribution in [3.63, 3.8) is 0 Å². The summed E-state index contributed by atoms with van der Waals surface area (Å²) in [5, 5.41) is 1.95. The number of alkyl halides is 3. The molecule has 0 N–H and O–H groups in total. The number of rotatable bonds is 2. The largest absolute Gasteiger partial charge is 0.417 e. The molecule has 2 aromatic heterocycles. The van der Waals surface area contributed by atoms with E-state index in [9.17, 15) is 13.2 Å². The third-order valence-electron chi connectivity index (χ3n) is 2.17. The van der Waals surface area contributed by atoms with E-state index in [1.807, 2.05) is 17.5 Å². The standard InChI is InChI=1S/C11H7ClF3NS/c12-9-4-7(11(13,14)15)6-16-10(9)5-8-2-1-3-17-8/h1-4,6H,5H2. The van der Waals surface area contributed by atoms with E-state index in [4.69, 9.17) is 11.6 Å². The quantitative estimate of drug-likeness (QED) is 0.792. The summed E-state index contributed by atoms with van der Waals surface area (Å²) in [6, 6.07) is 4.68. The lowest BCUT2D eigenvalue weighted by Gasteiger charge is -2.08. The molecule has 6 heteroatoms. The minimum Gasteiger partial charge on any atom is -0.259 e.